The SMILES string of the molecule is CCCN1CCc2ccc(-c3ccccc3)cc21.N.O=C(O)C=CC(=O)O. The van der Waals surface area contributed by atoms with Gasteiger partial charge in [0, 0.05) is 30.9 Å². The highest BCUT2D eigenvalue weighted by Crippen LogP contribution is 2.32. The van der Waals surface area contributed by atoms with Crippen LogP contribution in [0.2, 0.25) is 0 Å². The van der Waals surface area contributed by atoms with E-state index >= 15 is 0 Å². The number of benzene rings is 2. The molecule has 6 nitrogen and oxygen atoms in total. The normalized spacial score (nSPS) is 12.0. The lowest BCUT2D eigenvalue weighted by atomic mass is 10.0. The lowest BCUT2D eigenvalue weighted by molar-refractivity contribution is -0.134. The lowest BCUT2D eigenvalue weighted by Gasteiger charge is -2.19. The Balaban J connectivity index is 0.000000350. The molecule has 6 heteroatoms. The topological polar surface area (TPSA) is 113 Å². The molecule has 0 fully saturated rings. The molecule has 0 bridgehead atoms. The van der Waals surface area contributed by atoms with Crippen LogP contribution in [0.5, 0.6) is 0 Å². The number of carboxylic acids is 2. The summed E-state index contributed by atoms with van der Waals surface area (Å²) in [6.45, 7) is 4.60. The number of fused-ring (bicyclic) bond motifs is 1. The van der Waals surface area contributed by atoms with E-state index in [0.717, 1.165) is 0 Å². The van der Waals surface area contributed by atoms with E-state index in [1.807, 2.05) is 0 Å². The molecule has 0 radical (unpaired) electrons. The van der Waals surface area contributed by atoms with Crippen LogP contribution in [0, 0.1) is 0 Å². The van der Waals surface area contributed by atoms with Crippen LogP contribution in [0.15, 0.2) is 60.7 Å². The Morgan fingerprint density at radius 2 is 1.63 bits per heavy atom. The first-order valence-electron chi connectivity index (χ1n) is 8.58. The van der Waals surface area contributed by atoms with Gasteiger partial charge >= 0.3 is 11.9 Å². The number of carboxylic acid groups (broad SMARTS) is 2. The molecule has 0 saturated carbocycles. The zero-order valence-corrected chi connectivity index (χ0v) is 15.5. The highest BCUT2D eigenvalue weighted by Gasteiger charge is 2.18. The Kier molecular flexibility index (Phi) is 8.75. The van der Waals surface area contributed by atoms with E-state index < -0.39 is 11.9 Å². The van der Waals surface area contributed by atoms with Crippen molar-refractivity contribution >= 4 is 17.6 Å². The van der Waals surface area contributed by atoms with Crippen molar-refractivity contribution in [1.29, 1.82) is 0 Å². The molecule has 0 aliphatic carbocycles. The van der Waals surface area contributed by atoms with Gasteiger partial charge < -0.3 is 21.3 Å². The van der Waals surface area contributed by atoms with Crippen LogP contribution < -0.4 is 11.1 Å². The third-order valence-corrected chi connectivity index (χ3v) is 4.05. The van der Waals surface area contributed by atoms with E-state index in [1.54, 1.807) is 0 Å². The minimum Gasteiger partial charge on any atom is -0.478 e. The van der Waals surface area contributed by atoms with Crippen molar-refractivity contribution in [2.45, 2.75) is 19.8 Å². The van der Waals surface area contributed by atoms with Crippen molar-refractivity contribution in [1.82, 2.24) is 6.15 Å². The lowest BCUT2D eigenvalue weighted by Crippen LogP contribution is -2.20. The summed E-state index contributed by atoms with van der Waals surface area (Å²) in [6, 6.07) is 17.5. The molecule has 2 aromatic rings. The molecule has 0 saturated heterocycles. The van der Waals surface area contributed by atoms with E-state index in [0.29, 0.717) is 12.2 Å². The van der Waals surface area contributed by atoms with Gasteiger partial charge in [-0.25, -0.2) is 9.59 Å². The Morgan fingerprint density at radius 1 is 1.00 bits per heavy atom. The molecule has 3 rings (SSSR count). The van der Waals surface area contributed by atoms with E-state index in [9.17, 15) is 9.59 Å². The summed E-state index contributed by atoms with van der Waals surface area (Å²) in [5.74, 6) is -2.51. The summed E-state index contributed by atoms with van der Waals surface area (Å²) in [4.78, 5) is 21.6. The summed E-state index contributed by atoms with van der Waals surface area (Å²) in [6.07, 6.45) is 3.53. The number of carbonyl (C=O) groups is 2. The molecule has 27 heavy (non-hydrogen) atoms. The highest BCUT2D eigenvalue weighted by atomic mass is 16.4. The maximum atomic E-state index is 9.55. The molecule has 1 heterocycles. The third-order valence-electron chi connectivity index (χ3n) is 4.05. The standard InChI is InChI=1S/C17H19N.C4H4O4.H3N/c1-2-11-18-12-10-15-8-9-16(13-17(15)18)14-6-4-3-5-7-14;5-3(6)1-2-4(7)8;/h3-9,13H,2,10-12H2,1H3;1-2H,(H,5,6)(H,7,8);1H3. The molecule has 1 aliphatic rings. The van der Waals surface area contributed by atoms with Gasteiger partial charge in [-0.1, -0.05) is 49.4 Å². The molecule has 1 aliphatic heterocycles. The van der Waals surface area contributed by atoms with Gasteiger partial charge in [0.25, 0.3) is 0 Å². The summed E-state index contributed by atoms with van der Waals surface area (Å²) >= 11 is 0. The van der Waals surface area contributed by atoms with Crippen molar-refractivity contribution in [3.8, 4) is 11.1 Å². The minimum atomic E-state index is -1.26. The van der Waals surface area contributed by atoms with Gasteiger partial charge in [-0.3, -0.25) is 0 Å². The molecule has 0 unspecified atom stereocenters. The molecule has 0 amide bonds. The highest BCUT2D eigenvalue weighted by molar-refractivity contribution is 5.89. The fourth-order valence-corrected chi connectivity index (χ4v) is 2.90. The summed E-state index contributed by atoms with van der Waals surface area (Å²) in [5.41, 5.74) is 5.59. The first-order valence-corrected chi connectivity index (χ1v) is 8.58. The monoisotopic (exact) mass is 370 g/mol. The number of anilines is 1. The van der Waals surface area contributed by atoms with Crippen LogP contribution in [-0.4, -0.2) is 35.2 Å². The number of hydrogen-bond donors (Lipinski definition) is 3. The van der Waals surface area contributed by atoms with Crippen molar-refractivity contribution in [3.05, 3.63) is 66.2 Å². The predicted molar refractivity (Wildman–Crippen MR) is 108 cm³/mol. The second-order valence-corrected chi connectivity index (χ2v) is 5.96. The van der Waals surface area contributed by atoms with Gasteiger partial charge in [0.2, 0.25) is 0 Å². The average Bonchev–Trinajstić information content (AvgIpc) is 3.04. The van der Waals surface area contributed by atoms with Crippen molar-refractivity contribution < 1.29 is 19.8 Å². The van der Waals surface area contributed by atoms with Gasteiger partial charge in [0.1, 0.15) is 0 Å². The van der Waals surface area contributed by atoms with E-state index in [1.165, 1.54) is 48.3 Å². The second-order valence-electron chi connectivity index (χ2n) is 5.96. The van der Waals surface area contributed by atoms with Gasteiger partial charge in [0.15, 0.2) is 0 Å². The van der Waals surface area contributed by atoms with Crippen LogP contribution in [0.3, 0.4) is 0 Å². The Morgan fingerprint density at radius 3 is 2.19 bits per heavy atom. The molecule has 144 valence electrons. The van der Waals surface area contributed by atoms with Crippen LogP contribution in [-0.2, 0) is 16.0 Å². The number of aliphatic carboxylic acids is 2. The first kappa shape index (κ1) is 21.9. The third kappa shape index (κ3) is 6.60. The van der Waals surface area contributed by atoms with E-state index in [4.69, 9.17) is 10.2 Å². The van der Waals surface area contributed by atoms with Crippen molar-refractivity contribution in [2.24, 2.45) is 0 Å². The first-order chi connectivity index (χ1) is 12.5. The summed E-state index contributed by atoms with van der Waals surface area (Å²) < 4.78 is 0. The molecule has 5 N–H and O–H groups in total. The smallest absolute Gasteiger partial charge is 0.328 e. The van der Waals surface area contributed by atoms with Crippen LogP contribution >= 0.6 is 0 Å². The van der Waals surface area contributed by atoms with Crippen LogP contribution in [0.1, 0.15) is 18.9 Å². The Bertz CT molecular complexity index is 770. The number of rotatable bonds is 5. The molecular formula is C21H26N2O4. The Hall–Kier alpha value is -3.12. The summed E-state index contributed by atoms with van der Waals surface area (Å²) in [5, 5.41) is 15.6. The quantitative estimate of drug-likeness (QED) is 0.686. The van der Waals surface area contributed by atoms with E-state index in [-0.39, 0.29) is 6.15 Å². The van der Waals surface area contributed by atoms with Gasteiger partial charge in [-0.2, -0.15) is 0 Å². The zero-order valence-electron chi connectivity index (χ0n) is 15.5. The fraction of sp³-hybridized carbons (Fsp3) is 0.238. The molecule has 0 spiro atoms. The zero-order chi connectivity index (χ0) is 18.9. The van der Waals surface area contributed by atoms with Gasteiger partial charge in [-0.05, 0) is 35.6 Å². The van der Waals surface area contributed by atoms with Gasteiger partial charge in [0.05, 0.1) is 0 Å². The average molecular weight is 370 g/mol. The van der Waals surface area contributed by atoms with Gasteiger partial charge in [-0.15, -0.1) is 0 Å². The molecular weight excluding hydrogens is 344 g/mol. The maximum Gasteiger partial charge on any atom is 0.328 e. The number of nitrogens with zero attached hydrogens (tertiary/aromatic N) is 1. The molecule has 0 aromatic heterocycles. The summed E-state index contributed by atoms with van der Waals surface area (Å²) in [7, 11) is 0. The van der Waals surface area contributed by atoms with Crippen molar-refractivity contribution in [3.63, 3.8) is 0 Å². The number of hydrogen-bond acceptors (Lipinski definition) is 4. The van der Waals surface area contributed by atoms with E-state index in [2.05, 4.69) is 60.4 Å². The maximum absolute atomic E-state index is 9.55. The predicted octanol–water partition coefficient (Wildman–Crippen LogP) is 4.00. The minimum absolute atomic E-state index is 0. The largest absolute Gasteiger partial charge is 0.478 e. The van der Waals surface area contributed by atoms with Crippen LogP contribution in [0.25, 0.3) is 11.1 Å². The molecule has 0 atom stereocenters. The fourth-order valence-electron chi connectivity index (χ4n) is 2.90. The van der Waals surface area contributed by atoms with Crippen LogP contribution in [0.4, 0.5) is 5.69 Å². The Labute approximate surface area is 159 Å². The molecule has 2 aromatic carbocycles. The van der Waals surface area contributed by atoms with Crippen molar-refractivity contribution in [2.75, 3.05) is 18.0 Å². The second kappa shape index (κ2) is 10.8.